The molecule has 0 saturated heterocycles. The second-order valence-electron chi connectivity index (χ2n) is 5.61. The van der Waals surface area contributed by atoms with Crippen LogP contribution in [0.2, 0.25) is 0 Å². The standard InChI is InChI=1S/C19H18F2N4O2/c1-2-26-16-7-6-14(8-12-10-23-19(22)24-11-12)25-17(16)13-4-3-5-15(9-13)27-18(20)21/h3-7,9-11,18H,2,8H2,1H3,(H2,22,23,24). The van der Waals surface area contributed by atoms with Gasteiger partial charge in [0.1, 0.15) is 17.2 Å². The molecular weight excluding hydrogens is 354 g/mol. The van der Waals surface area contributed by atoms with Gasteiger partial charge in [-0.1, -0.05) is 12.1 Å². The minimum Gasteiger partial charge on any atom is -0.492 e. The summed E-state index contributed by atoms with van der Waals surface area (Å²) in [6.45, 7) is -0.580. The molecule has 2 heterocycles. The van der Waals surface area contributed by atoms with E-state index < -0.39 is 6.61 Å². The van der Waals surface area contributed by atoms with Crippen molar-refractivity contribution >= 4 is 5.95 Å². The highest BCUT2D eigenvalue weighted by Crippen LogP contribution is 2.31. The Balaban J connectivity index is 1.95. The van der Waals surface area contributed by atoms with E-state index in [9.17, 15) is 8.78 Å². The third-order valence-electron chi connectivity index (χ3n) is 3.66. The van der Waals surface area contributed by atoms with Crippen LogP contribution < -0.4 is 15.2 Å². The van der Waals surface area contributed by atoms with Crippen LogP contribution in [0, 0.1) is 0 Å². The number of rotatable bonds is 7. The molecule has 0 amide bonds. The van der Waals surface area contributed by atoms with Gasteiger partial charge in [-0.05, 0) is 36.8 Å². The number of pyridine rings is 1. The van der Waals surface area contributed by atoms with Crippen LogP contribution in [0.4, 0.5) is 14.7 Å². The predicted octanol–water partition coefficient (Wildman–Crippen LogP) is 3.71. The van der Waals surface area contributed by atoms with Gasteiger partial charge in [-0.3, -0.25) is 0 Å². The van der Waals surface area contributed by atoms with Crippen LogP contribution >= 0.6 is 0 Å². The highest BCUT2D eigenvalue weighted by molar-refractivity contribution is 5.68. The van der Waals surface area contributed by atoms with Crippen LogP contribution in [0.15, 0.2) is 48.8 Å². The van der Waals surface area contributed by atoms with Crippen molar-refractivity contribution in [1.82, 2.24) is 15.0 Å². The number of ether oxygens (including phenoxy) is 2. The SMILES string of the molecule is CCOc1ccc(Cc2cnc(N)nc2)nc1-c1cccc(OC(F)F)c1. The molecular formula is C19H18F2N4O2. The van der Waals surface area contributed by atoms with E-state index in [1.807, 2.05) is 13.0 Å². The van der Waals surface area contributed by atoms with Crippen LogP contribution in [0.3, 0.4) is 0 Å². The smallest absolute Gasteiger partial charge is 0.387 e. The molecule has 0 unspecified atom stereocenters. The highest BCUT2D eigenvalue weighted by atomic mass is 19.3. The number of halogens is 2. The zero-order valence-electron chi connectivity index (χ0n) is 14.6. The van der Waals surface area contributed by atoms with Crippen molar-refractivity contribution in [1.29, 1.82) is 0 Å². The number of anilines is 1. The fourth-order valence-electron chi connectivity index (χ4n) is 2.55. The van der Waals surface area contributed by atoms with E-state index in [0.717, 1.165) is 11.3 Å². The van der Waals surface area contributed by atoms with E-state index in [1.165, 1.54) is 12.1 Å². The predicted molar refractivity (Wildman–Crippen MR) is 96.7 cm³/mol. The highest BCUT2D eigenvalue weighted by Gasteiger charge is 2.13. The molecule has 0 atom stereocenters. The van der Waals surface area contributed by atoms with Crippen molar-refractivity contribution in [2.24, 2.45) is 0 Å². The van der Waals surface area contributed by atoms with E-state index in [0.29, 0.717) is 30.0 Å². The van der Waals surface area contributed by atoms with Crippen molar-refractivity contribution in [3.63, 3.8) is 0 Å². The van der Waals surface area contributed by atoms with Gasteiger partial charge in [-0.25, -0.2) is 15.0 Å². The number of hydrogen-bond acceptors (Lipinski definition) is 6. The zero-order valence-corrected chi connectivity index (χ0v) is 14.6. The monoisotopic (exact) mass is 372 g/mol. The summed E-state index contributed by atoms with van der Waals surface area (Å²) in [6, 6.07) is 10.0. The van der Waals surface area contributed by atoms with E-state index in [1.54, 1.807) is 30.6 Å². The number of benzene rings is 1. The maximum atomic E-state index is 12.5. The quantitative estimate of drug-likeness (QED) is 0.681. The fourth-order valence-corrected chi connectivity index (χ4v) is 2.55. The summed E-state index contributed by atoms with van der Waals surface area (Å²) in [5.41, 5.74) is 8.27. The first kappa shape index (κ1) is 18.5. The summed E-state index contributed by atoms with van der Waals surface area (Å²) < 4.78 is 35.1. The molecule has 0 aliphatic heterocycles. The van der Waals surface area contributed by atoms with Gasteiger partial charge in [0.15, 0.2) is 0 Å². The molecule has 0 fully saturated rings. The molecule has 0 radical (unpaired) electrons. The largest absolute Gasteiger partial charge is 0.492 e. The van der Waals surface area contributed by atoms with E-state index >= 15 is 0 Å². The van der Waals surface area contributed by atoms with Crippen molar-refractivity contribution in [3.8, 4) is 22.8 Å². The van der Waals surface area contributed by atoms with Crippen LogP contribution in [-0.2, 0) is 6.42 Å². The molecule has 3 aromatic rings. The van der Waals surface area contributed by atoms with E-state index in [4.69, 9.17) is 10.5 Å². The van der Waals surface area contributed by atoms with Gasteiger partial charge in [0.25, 0.3) is 0 Å². The van der Waals surface area contributed by atoms with Gasteiger partial charge in [0.2, 0.25) is 5.95 Å². The molecule has 8 heteroatoms. The van der Waals surface area contributed by atoms with Crippen molar-refractivity contribution in [3.05, 3.63) is 60.0 Å². The number of alkyl halides is 2. The number of hydrogen-bond donors (Lipinski definition) is 1. The van der Waals surface area contributed by atoms with Gasteiger partial charge in [-0.2, -0.15) is 8.78 Å². The van der Waals surface area contributed by atoms with Crippen molar-refractivity contribution < 1.29 is 18.3 Å². The van der Waals surface area contributed by atoms with Gasteiger partial charge < -0.3 is 15.2 Å². The topological polar surface area (TPSA) is 83.2 Å². The first-order valence-corrected chi connectivity index (χ1v) is 8.29. The molecule has 0 bridgehead atoms. The molecule has 6 nitrogen and oxygen atoms in total. The Morgan fingerprint density at radius 3 is 2.59 bits per heavy atom. The van der Waals surface area contributed by atoms with Crippen LogP contribution in [0.25, 0.3) is 11.3 Å². The third kappa shape index (κ3) is 4.87. The maximum absolute atomic E-state index is 12.5. The van der Waals surface area contributed by atoms with Crippen molar-refractivity contribution in [2.45, 2.75) is 20.0 Å². The lowest BCUT2D eigenvalue weighted by Crippen LogP contribution is -2.03. The second-order valence-corrected chi connectivity index (χ2v) is 5.61. The second kappa shape index (κ2) is 8.39. The van der Waals surface area contributed by atoms with Crippen LogP contribution in [0.1, 0.15) is 18.2 Å². The number of nitrogens with zero attached hydrogens (tertiary/aromatic N) is 3. The zero-order chi connectivity index (χ0) is 19.2. The number of aromatic nitrogens is 3. The van der Waals surface area contributed by atoms with E-state index in [2.05, 4.69) is 19.7 Å². The summed E-state index contributed by atoms with van der Waals surface area (Å²) >= 11 is 0. The molecule has 27 heavy (non-hydrogen) atoms. The molecule has 2 N–H and O–H groups in total. The van der Waals surface area contributed by atoms with Gasteiger partial charge in [0.05, 0.1) is 6.61 Å². The Morgan fingerprint density at radius 1 is 1.11 bits per heavy atom. The van der Waals surface area contributed by atoms with Crippen molar-refractivity contribution in [2.75, 3.05) is 12.3 Å². The normalized spacial score (nSPS) is 10.8. The Morgan fingerprint density at radius 2 is 1.89 bits per heavy atom. The Kier molecular flexibility index (Phi) is 5.75. The van der Waals surface area contributed by atoms with E-state index in [-0.39, 0.29) is 11.7 Å². The molecule has 140 valence electrons. The Hall–Kier alpha value is -3.29. The lowest BCUT2D eigenvalue weighted by Gasteiger charge is -2.13. The Labute approximate surface area is 155 Å². The molecule has 0 aliphatic rings. The van der Waals surface area contributed by atoms with Crippen LogP contribution in [0.5, 0.6) is 11.5 Å². The maximum Gasteiger partial charge on any atom is 0.387 e. The summed E-state index contributed by atoms with van der Waals surface area (Å²) in [5, 5.41) is 0. The first-order valence-electron chi connectivity index (χ1n) is 8.29. The molecule has 0 aliphatic carbocycles. The third-order valence-corrected chi connectivity index (χ3v) is 3.66. The molecule has 0 spiro atoms. The molecule has 3 rings (SSSR count). The Bertz CT molecular complexity index is 904. The summed E-state index contributed by atoms with van der Waals surface area (Å²) in [4.78, 5) is 12.6. The minimum absolute atomic E-state index is 0.0593. The average molecular weight is 372 g/mol. The lowest BCUT2D eigenvalue weighted by atomic mass is 10.1. The average Bonchev–Trinajstić information content (AvgIpc) is 2.65. The molecule has 0 saturated carbocycles. The first-order chi connectivity index (χ1) is 13.0. The van der Waals surface area contributed by atoms with Gasteiger partial charge >= 0.3 is 6.61 Å². The summed E-state index contributed by atoms with van der Waals surface area (Å²) in [6.07, 6.45) is 3.77. The summed E-state index contributed by atoms with van der Waals surface area (Å²) in [7, 11) is 0. The van der Waals surface area contributed by atoms with Gasteiger partial charge in [0, 0.05) is 30.1 Å². The number of nitrogen functional groups attached to an aromatic ring is 1. The molecule has 2 aromatic heterocycles. The van der Waals surface area contributed by atoms with Crippen LogP contribution in [-0.4, -0.2) is 28.2 Å². The summed E-state index contributed by atoms with van der Waals surface area (Å²) in [5.74, 6) is 0.822. The lowest BCUT2D eigenvalue weighted by molar-refractivity contribution is -0.0498. The molecule has 1 aromatic carbocycles. The fraction of sp³-hybridized carbons (Fsp3) is 0.211. The number of nitrogens with two attached hydrogens (primary N) is 1. The van der Waals surface area contributed by atoms with Gasteiger partial charge in [-0.15, -0.1) is 0 Å². The minimum atomic E-state index is -2.89.